The van der Waals surface area contributed by atoms with Crippen molar-refractivity contribution in [1.82, 2.24) is 15.0 Å². The summed E-state index contributed by atoms with van der Waals surface area (Å²) < 4.78 is 6.02. The summed E-state index contributed by atoms with van der Waals surface area (Å²) in [6.07, 6.45) is 1.37. The number of nitrogens with zero attached hydrogens (tertiary/aromatic N) is 3. The summed E-state index contributed by atoms with van der Waals surface area (Å²) in [6, 6.07) is 4.54. The molecule has 0 fully saturated rings. The Balaban J connectivity index is 2.17. The molecule has 1 heterocycles. The van der Waals surface area contributed by atoms with Crippen LogP contribution in [0.1, 0.15) is 23.0 Å². The highest BCUT2D eigenvalue weighted by atomic mass is 35.5. The second-order valence-corrected chi connectivity index (χ2v) is 4.90. The van der Waals surface area contributed by atoms with Gasteiger partial charge in [0.25, 0.3) is 0 Å². The van der Waals surface area contributed by atoms with Gasteiger partial charge in [0.15, 0.2) is 5.69 Å². The lowest BCUT2D eigenvalue weighted by Crippen LogP contribution is -2.13. The molecule has 0 amide bonds. The molecule has 0 atom stereocenters. The zero-order valence-corrected chi connectivity index (χ0v) is 12.6. The molecule has 0 aliphatic carbocycles. The largest absolute Gasteiger partial charge is 0.465 e. The van der Waals surface area contributed by atoms with E-state index in [0.29, 0.717) is 5.02 Å². The second kappa shape index (κ2) is 6.69. The number of aromatic nitrogens is 3. The monoisotopic (exact) mass is 327 g/mol. The molecule has 0 aliphatic rings. The van der Waals surface area contributed by atoms with Crippen molar-refractivity contribution < 1.29 is 14.3 Å². The summed E-state index contributed by atoms with van der Waals surface area (Å²) in [5.74, 6) is -0.849. The fourth-order valence-corrected chi connectivity index (χ4v) is 2.12. The fourth-order valence-electron chi connectivity index (χ4n) is 1.63. The molecule has 0 spiro atoms. The number of ether oxygens (including phenoxy) is 1. The van der Waals surface area contributed by atoms with Gasteiger partial charge in [0, 0.05) is 10.6 Å². The van der Waals surface area contributed by atoms with Crippen LogP contribution in [0.15, 0.2) is 24.4 Å². The molecule has 0 N–H and O–H groups in total. The molecule has 1 aromatic heterocycles. The van der Waals surface area contributed by atoms with E-state index in [4.69, 9.17) is 27.9 Å². The molecule has 6 nitrogen and oxygen atoms in total. The molecular formula is C13H11Cl2N3O3. The Kier molecular flexibility index (Phi) is 4.93. The van der Waals surface area contributed by atoms with Crippen LogP contribution >= 0.6 is 23.2 Å². The van der Waals surface area contributed by atoms with E-state index in [1.165, 1.54) is 23.0 Å². The molecule has 0 aliphatic heterocycles. The molecular weight excluding hydrogens is 317 g/mol. The van der Waals surface area contributed by atoms with Crippen molar-refractivity contribution in [2.24, 2.45) is 0 Å². The van der Waals surface area contributed by atoms with Gasteiger partial charge in [-0.25, -0.2) is 4.68 Å². The van der Waals surface area contributed by atoms with Crippen LogP contribution in [-0.2, 0) is 16.1 Å². The molecule has 0 unspecified atom stereocenters. The molecule has 1 aromatic carbocycles. The minimum atomic E-state index is -0.453. The average Bonchev–Trinajstić information content (AvgIpc) is 2.86. The number of ketones is 1. The molecule has 110 valence electrons. The van der Waals surface area contributed by atoms with Crippen LogP contribution in [0.3, 0.4) is 0 Å². The highest BCUT2D eigenvalue weighted by Crippen LogP contribution is 2.22. The van der Waals surface area contributed by atoms with E-state index in [2.05, 4.69) is 10.3 Å². The lowest BCUT2D eigenvalue weighted by atomic mass is 10.1. The predicted molar refractivity (Wildman–Crippen MR) is 76.5 cm³/mol. The van der Waals surface area contributed by atoms with Crippen LogP contribution < -0.4 is 0 Å². The Morgan fingerprint density at radius 1 is 1.33 bits per heavy atom. The van der Waals surface area contributed by atoms with Crippen molar-refractivity contribution in [2.75, 3.05) is 6.61 Å². The summed E-state index contributed by atoms with van der Waals surface area (Å²) in [4.78, 5) is 23.6. The normalized spacial score (nSPS) is 10.4. The molecule has 0 bridgehead atoms. The number of carbonyl (C=O) groups excluding carboxylic acids is 2. The van der Waals surface area contributed by atoms with Crippen molar-refractivity contribution >= 4 is 35.0 Å². The van der Waals surface area contributed by atoms with E-state index < -0.39 is 11.8 Å². The van der Waals surface area contributed by atoms with Gasteiger partial charge in [-0.3, -0.25) is 9.59 Å². The number of benzene rings is 1. The average molecular weight is 328 g/mol. The first kappa shape index (κ1) is 15.5. The molecule has 2 rings (SSSR count). The molecule has 0 saturated heterocycles. The summed E-state index contributed by atoms with van der Waals surface area (Å²) in [5.41, 5.74) is 0.354. The van der Waals surface area contributed by atoms with Crippen LogP contribution in [0.2, 0.25) is 10.0 Å². The van der Waals surface area contributed by atoms with E-state index in [-0.39, 0.29) is 29.4 Å². The van der Waals surface area contributed by atoms with Gasteiger partial charge in [0.1, 0.15) is 6.54 Å². The van der Waals surface area contributed by atoms with Crippen LogP contribution in [0, 0.1) is 0 Å². The Morgan fingerprint density at radius 3 is 2.76 bits per heavy atom. The smallest absolute Gasteiger partial charge is 0.327 e. The summed E-state index contributed by atoms with van der Waals surface area (Å²) in [5, 5.41) is 8.10. The highest BCUT2D eigenvalue weighted by molar-refractivity contribution is 6.37. The van der Waals surface area contributed by atoms with Crippen molar-refractivity contribution in [3.05, 3.63) is 45.7 Å². The summed E-state index contributed by atoms with van der Waals surface area (Å²) >= 11 is 11.8. The Labute approximate surface area is 130 Å². The first-order valence-corrected chi connectivity index (χ1v) is 6.82. The van der Waals surface area contributed by atoms with Crippen LogP contribution in [0.4, 0.5) is 0 Å². The van der Waals surface area contributed by atoms with Crippen LogP contribution in [0.5, 0.6) is 0 Å². The molecule has 0 saturated carbocycles. The Hall–Kier alpha value is -1.92. The molecule has 0 radical (unpaired) electrons. The van der Waals surface area contributed by atoms with Gasteiger partial charge >= 0.3 is 5.97 Å². The number of esters is 1. The maximum atomic E-state index is 12.2. The maximum Gasteiger partial charge on any atom is 0.327 e. The zero-order chi connectivity index (χ0) is 15.4. The van der Waals surface area contributed by atoms with Crippen molar-refractivity contribution in [3.8, 4) is 0 Å². The van der Waals surface area contributed by atoms with Gasteiger partial charge in [-0.15, -0.1) is 5.10 Å². The standard InChI is InChI=1S/C13H11Cl2N3O3/c1-2-21-12(19)7-18-6-11(16-17-18)13(20)9-4-3-8(14)5-10(9)15/h3-6H,2,7H2,1H3. The maximum absolute atomic E-state index is 12.2. The second-order valence-electron chi connectivity index (χ2n) is 4.06. The first-order valence-electron chi connectivity index (χ1n) is 6.06. The van der Waals surface area contributed by atoms with Crippen LogP contribution in [0.25, 0.3) is 0 Å². The number of hydrogen-bond acceptors (Lipinski definition) is 5. The first-order chi connectivity index (χ1) is 10.0. The van der Waals surface area contributed by atoms with Crippen molar-refractivity contribution in [2.45, 2.75) is 13.5 Å². The Morgan fingerprint density at radius 2 is 2.10 bits per heavy atom. The van der Waals surface area contributed by atoms with E-state index >= 15 is 0 Å². The lowest BCUT2D eigenvalue weighted by Gasteiger charge is -2.01. The quantitative estimate of drug-likeness (QED) is 0.622. The number of carbonyl (C=O) groups is 2. The van der Waals surface area contributed by atoms with Gasteiger partial charge in [0.2, 0.25) is 5.78 Å². The van der Waals surface area contributed by atoms with Crippen LogP contribution in [-0.4, -0.2) is 33.4 Å². The third-order valence-corrected chi connectivity index (χ3v) is 3.09. The Bertz CT molecular complexity index is 685. The molecule has 8 heteroatoms. The molecule has 21 heavy (non-hydrogen) atoms. The van der Waals surface area contributed by atoms with E-state index in [0.717, 1.165) is 0 Å². The van der Waals surface area contributed by atoms with E-state index in [1.807, 2.05) is 0 Å². The molecule has 2 aromatic rings. The summed E-state index contributed by atoms with van der Waals surface area (Å²) in [6.45, 7) is 1.87. The van der Waals surface area contributed by atoms with Gasteiger partial charge in [-0.05, 0) is 25.1 Å². The number of halogens is 2. The fraction of sp³-hybridized carbons (Fsp3) is 0.231. The minimum Gasteiger partial charge on any atom is -0.465 e. The van der Waals surface area contributed by atoms with Gasteiger partial charge in [-0.2, -0.15) is 0 Å². The minimum absolute atomic E-state index is 0.0866. The SMILES string of the molecule is CCOC(=O)Cn1cc(C(=O)c2ccc(Cl)cc2Cl)nn1. The number of hydrogen-bond donors (Lipinski definition) is 0. The third kappa shape index (κ3) is 3.80. The van der Waals surface area contributed by atoms with E-state index in [1.54, 1.807) is 13.0 Å². The van der Waals surface area contributed by atoms with Crippen molar-refractivity contribution in [3.63, 3.8) is 0 Å². The topological polar surface area (TPSA) is 74.1 Å². The predicted octanol–water partition coefficient (Wildman–Crippen LogP) is 2.38. The zero-order valence-electron chi connectivity index (χ0n) is 11.0. The van der Waals surface area contributed by atoms with Gasteiger partial charge in [0.05, 0.1) is 17.8 Å². The third-order valence-electron chi connectivity index (χ3n) is 2.54. The lowest BCUT2D eigenvalue weighted by molar-refractivity contribution is -0.144. The van der Waals surface area contributed by atoms with Gasteiger partial charge in [-0.1, -0.05) is 28.4 Å². The number of rotatable bonds is 5. The summed E-state index contributed by atoms with van der Waals surface area (Å²) in [7, 11) is 0. The highest BCUT2D eigenvalue weighted by Gasteiger charge is 2.17. The van der Waals surface area contributed by atoms with Gasteiger partial charge < -0.3 is 4.74 Å². The van der Waals surface area contributed by atoms with Crippen molar-refractivity contribution in [1.29, 1.82) is 0 Å². The van der Waals surface area contributed by atoms with E-state index in [9.17, 15) is 9.59 Å².